The Bertz CT molecular complexity index is 1060. The lowest BCUT2D eigenvalue weighted by Gasteiger charge is -2.15. The van der Waals surface area contributed by atoms with Crippen molar-refractivity contribution in [2.24, 2.45) is 0 Å². The Morgan fingerprint density at radius 3 is 2.41 bits per heavy atom. The van der Waals surface area contributed by atoms with E-state index in [9.17, 15) is 9.59 Å². The maximum Gasteiger partial charge on any atom is 0.268 e. The molecule has 29 heavy (non-hydrogen) atoms. The molecule has 5 nitrogen and oxygen atoms in total. The summed E-state index contributed by atoms with van der Waals surface area (Å²) in [5.41, 5.74) is 1.89. The second-order valence-corrected chi connectivity index (χ2v) is 7.44. The van der Waals surface area contributed by atoms with Crippen molar-refractivity contribution >= 4 is 29.1 Å². The predicted molar refractivity (Wildman–Crippen MR) is 112 cm³/mol. The van der Waals surface area contributed by atoms with Crippen LogP contribution in [0.1, 0.15) is 16.9 Å². The fraction of sp³-hybridized carbons (Fsp3) is 0.130. The second kappa shape index (κ2) is 8.41. The number of para-hydroxylation sites is 1. The normalized spacial score (nSPS) is 14.0. The molecule has 1 aliphatic rings. The van der Waals surface area contributed by atoms with Crippen molar-refractivity contribution in [2.45, 2.75) is 12.3 Å². The minimum absolute atomic E-state index is 0.224. The number of furan rings is 1. The first-order chi connectivity index (χ1) is 14.2. The molecule has 146 valence electrons. The Hall–Kier alpha value is -3.25. The first-order valence-corrected chi connectivity index (χ1v) is 10.1. The molecule has 0 atom stereocenters. The van der Waals surface area contributed by atoms with Gasteiger partial charge in [0.1, 0.15) is 11.5 Å². The highest BCUT2D eigenvalue weighted by atomic mass is 32.2. The fourth-order valence-electron chi connectivity index (χ4n) is 3.22. The molecular weight excluding hydrogens is 386 g/mol. The van der Waals surface area contributed by atoms with Crippen LogP contribution < -0.4 is 4.74 Å². The van der Waals surface area contributed by atoms with Crippen LogP contribution in [0.2, 0.25) is 0 Å². The van der Waals surface area contributed by atoms with Crippen molar-refractivity contribution in [3.63, 3.8) is 0 Å². The number of nitrogens with zero attached hydrogens (tertiary/aromatic N) is 1. The third-order valence-electron chi connectivity index (χ3n) is 4.62. The monoisotopic (exact) mass is 405 g/mol. The predicted octanol–water partition coefficient (Wildman–Crippen LogP) is 4.50. The van der Waals surface area contributed by atoms with Crippen LogP contribution >= 0.6 is 11.8 Å². The molecule has 0 bridgehead atoms. The van der Waals surface area contributed by atoms with Gasteiger partial charge >= 0.3 is 0 Å². The molecule has 6 heteroatoms. The smallest absolute Gasteiger partial charge is 0.268 e. The highest BCUT2D eigenvalue weighted by Crippen LogP contribution is 2.40. The molecule has 2 amide bonds. The van der Waals surface area contributed by atoms with Crippen molar-refractivity contribution < 1.29 is 18.7 Å². The molecule has 0 aliphatic carbocycles. The number of benzene rings is 2. The van der Waals surface area contributed by atoms with Gasteiger partial charge < -0.3 is 9.15 Å². The van der Waals surface area contributed by atoms with Gasteiger partial charge in [0.15, 0.2) is 0 Å². The average molecular weight is 405 g/mol. The standard InChI is InChI=1S/C23H19NO4S/c1-27-19-12-6-5-11-18(19)20-21(29-15-17-10-7-13-28-17)23(26)24(22(20)25)14-16-8-3-2-4-9-16/h2-13H,14-15H2,1H3. The maximum absolute atomic E-state index is 13.3. The van der Waals surface area contributed by atoms with Gasteiger partial charge in [0.05, 0.1) is 36.1 Å². The van der Waals surface area contributed by atoms with E-state index in [1.807, 2.05) is 48.5 Å². The lowest BCUT2D eigenvalue weighted by atomic mass is 10.0. The van der Waals surface area contributed by atoms with Crippen molar-refractivity contribution in [1.82, 2.24) is 4.90 Å². The molecule has 0 spiro atoms. The summed E-state index contributed by atoms with van der Waals surface area (Å²) < 4.78 is 10.8. The Morgan fingerprint density at radius 2 is 1.69 bits per heavy atom. The maximum atomic E-state index is 13.3. The van der Waals surface area contributed by atoms with Gasteiger partial charge in [-0.3, -0.25) is 14.5 Å². The lowest BCUT2D eigenvalue weighted by molar-refractivity contribution is -0.137. The van der Waals surface area contributed by atoms with E-state index in [2.05, 4.69) is 0 Å². The summed E-state index contributed by atoms with van der Waals surface area (Å²) in [5.74, 6) is 1.14. The summed E-state index contributed by atoms with van der Waals surface area (Å²) in [5, 5.41) is 0. The minimum atomic E-state index is -0.315. The molecule has 0 N–H and O–H groups in total. The van der Waals surface area contributed by atoms with Gasteiger partial charge in [-0.2, -0.15) is 0 Å². The van der Waals surface area contributed by atoms with Gasteiger partial charge in [0, 0.05) is 5.56 Å². The van der Waals surface area contributed by atoms with Crippen molar-refractivity contribution in [1.29, 1.82) is 0 Å². The number of ether oxygens (including phenoxy) is 1. The molecule has 1 aromatic heterocycles. The Kier molecular flexibility index (Phi) is 5.53. The van der Waals surface area contributed by atoms with Gasteiger partial charge in [0.25, 0.3) is 11.8 Å². The molecule has 0 radical (unpaired) electrons. The highest BCUT2D eigenvalue weighted by Gasteiger charge is 2.40. The number of rotatable bonds is 7. The van der Waals surface area contributed by atoms with E-state index in [1.165, 1.54) is 16.7 Å². The summed E-state index contributed by atoms with van der Waals surface area (Å²) in [7, 11) is 1.55. The molecule has 0 saturated heterocycles. The molecule has 3 aromatic rings. The number of imide groups is 1. The van der Waals surface area contributed by atoms with Crippen LogP contribution in [-0.2, 0) is 21.9 Å². The molecule has 2 heterocycles. The molecule has 0 unspecified atom stereocenters. The van der Waals surface area contributed by atoms with Crippen molar-refractivity contribution in [2.75, 3.05) is 7.11 Å². The molecule has 4 rings (SSSR count). The molecule has 2 aromatic carbocycles. The second-order valence-electron chi connectivity index (χ2n) is 6.45. The number of carbonyl (C=O) groups excluding carboxylic acids is 2. The molecular formula is C23H19NO4S. The number of thioether (sulfide) groups is 1. The van der Waals surface area contributed by atoms with E-state index in [-0.39, 0.29) is 18.4 Å². The topological polar surface area (TPSA) is 59.8 Å². The quantitative estimate of drug-likeness (QED) is 0.542. The number of hydrogen-bond acceptors (Lipinski definition) is 5. The van der Waals surface area contributed by atoms with Crippen LogP contribution in [-0.4, -0.2) is 23.8 Å². The molecule has 0 saturated carbocycles. The number of hydrogen-bond donors (Lipinski definition) is 0. The minimum Gasteiger partial charge on any atom is -0.496 e. The Labute approximate surface area is 173 Å². The van der Waals surface area contributed by atoms with Gasteiger partial charge in [-0.15, -0.1) is 11.8 Å². The van der Waals surface area contributed by atoms with Crippen molar-refractivity contribution in [3.8, 4) is 5.75 Å². The molecule has 1 aliphatic heterocycles. The van der Waals surface area contributed by atoms with E-state index in [0.29, 0.717) is 27.5 Å². The van der Waals surface area contributed by atoms with Gasteiger partial charge in [0.2, 0.25) is 0 Å². The summed E-state index contributed by atoms with van der Waals surface area (Å²) in [6.45, 7) is 0.224. The summed E-state index contributed by atoms with van der Waals surface area (Å²) >= 11 is 1.31. The highest BCUT2D eigenvalue weighted by molar-refractivity contribution is 8.03. The van der Waals surface area contributed by atoms with Crippen LogP contribution in [0.4, 0.5) is 0 Å². The summed E-state index contributed by atoms with van der Waals surface area (Å²) in [6, 6.07) is 20.4. The van der Waals surface area contributed by atoms with E-state index >= 15 is 0 Å². The lowest BCUT2D eigenvalue weighted by Crippen LogP contribution is -2.30. The summed E-state index contributed by atoms with van der Waals surface area (Å²) in [6.07, 6.45) is 1.59. The SMILES string of the molecule is COc1ccccc1C1=C(SCc2ccco2)C(=O)N(Cc2ccccc2)C1=O. The van der Waals surface area contributed by atoms with E-state index in [0.717, 1.165) is 11.3 Å². The molecule has 0 fully saturated rings. The van der Waals surface area contributed by atoms with Crippen LogP contribution in [0, 0.1) is 0 Å². The average Bonchev–Trinajstić information content (AvgIpc) is 3.35. The largest absolute Gasteiger partial charge is 0.496 e. The zero-order chi connectivity index (χ0) is 20.2. The van der Waals surface area contributed by atoms with Crippen LogP contribution in [0.3, 0.4) is 0 Å². The third kappa shape index (κ3) is 3.84. The zero-order valence-electron chi connectivity index (χ0n) is 15.8. The third-order valence-corrected chi connectivity index (χ3v) is 5.72. The Balaban J connectivity index is 1.72. The van der Waals surface area contributed by atoms with Crippen molar-refractivity contribution in [3.05, 3.63) is 94.8 Å². The number of amides is 2. The summed E-state index contributed by atoms with van der Waals surface area (Å²) in [4.78, 5) is 28.2. The fourth-order valence-corrected chi connectivity index (χ4v) is 4.25. The van der Waals surface area contributed by atoms with E-state index < -0.39 is 0 Å². The van der Waals surface area contributed by atoms with E-state index in [1.54, 1.807) is 31.6 Å². The van der Waals surface area contributed by atoms with Crippen LogP contribution in [0.15, 0.2) is 82.3 Å². The first-order valence-electron chi connectivity index (χ1n) is 9.12. The van der Waals surface area contributed by atoms with Crippen LogP contribution in [0.5, 0.6) is 5.75 Å². The zero-order valence-corrected chi connectivity index (χ0v) is 16.6. The van der Waals surface area contributed by atoms with Gasteiger partial charge in [-0.05, 0) is 23.8 Å². The first kappa shape index (κ1) is 19.1. The number of methoxy groups -OCH3 is 1. The Morgan fingerprint density at radius 1 is 0.931 bits per heavy atom. The number of carbonyl (C=O) groups is 2. The van der Waals surface area contributed by atoms with E-state index in [4.69, 9.17) is 9.15 Å². The van der Waals surface area contributed by atoms with Gasteiger partial charge in [-0.1, -0.05) is 48.5 Å². The van der Waals surface area contributed by atoms with Crippen LogP contribution in [0.25, 0.3) is 5.57 Å². The van der Waals surface area contributed by atoms with Gasteiger partial charge in [-0.25, -0.2) is 0 Å².